The molecule has 7 heteroatoms. The van der Waals surface area contributed by atoms with E-state index in [1.807, 2.05) is 12.1 Å². The lowest BCUT2D eigenvalue weighted by Crippen LogP contribution is -2.32. The first kappa shape index (κ1) is 17.6. The summed E-state index contributed by atoms with van der Waals surface area (Å²) in [5.41, 5.74) is 2.16. The maximum atomic E-state index is 11.9. The first-order valence-corrected chi connectivity index (χ1v) is 8.53. The molecule has 0 saturated carbocycles. The largest absolute Gasteiger partial charge is 0.463 e. The first-order chi connectivity index (χ1) is 12.0. The minimum atomic E-state index is -0.803. The predicted molar refractivity (Wildman–Crippen MR) is 97.9 cm³/mol. The smallest absolute Gasteiger partial charge is 0.349 e. The van der Waals surface area contributed by atoms with Gasteiger partial charge in [0.2, 0.25) is 6.10 Å². The van der Waals surface area contributed by atoms with Crippen LogP contribution in [-0.4, -0.2) is 28.4 Å². The molecule has 25 heavy (non-hydrogen) atoms. The van der Waals surface area contributed by atoms with Crippen molar-refractivity contribution in [2.75, 3.05) is 6.61 Å². The Hall–Kier alpha value is -2.24. The average Bonchev–Trinajstić information content (AvgIpc) is 2.93. The fourth-order valence-corrected chi connectivity index (χ4v) is 2.67. The van der Waals surface area contributed by atoms with Gasteiger partial charge in [-0.05, 0) is 56.3 Å². The highest BCUT2D eigenvalue weighted by Crippen LogP contribution is 2.27. The van der Waals surface area contributed by atoms with Gasteiger partial charge in [-0.3, -0.25) is 0 Å². The molecule has 3 aromatic rings. The van der Waals surface area contributed by atoms with Crippen molar-refractivity contribution in [1.29, 1.82) is 0 Å². The Bertz CT molecular complexity index is 907. The summed E-state index contributed by atoms with van der Waals surface area (Å²) < 4.78 is 6.51. The minimum absolute atomic E-state index is 0.285. The molecule has 1 heterocycles. The fourth-order valence-electron chi connectivity index (χ4n) is 2.38. The number of esters is 1. The molecule has 0 radical (unpaired) electrons. The summed E-state index contributed by atoms with van der Waals surface area (Å²) in [6.45, 7) is 3.66. The Morgan fingerprint density at radius 1 is 1.16 bits per heavy atom. The van der Waals surface area contributed by atoms with Gasteiger partial charge in [-0.2, -0.15) is 4.73 Å². The Labute approximate surface area is 155 Å². The molecule has 1 atom stereocenters. The Morgan fingerprint density at radius 2 is 1.84 bits per heavy atom. The average molecular weight is 379 g/mol. The van der Waals surface area contributed by atoms with Crippen molar-refractivity contribution in [3.05, 3.63) is 52.5 Å². The summed E-state index contributed by atoms with van der Waals surface area (Å²) in [7, 11) is 0. The summed E-state index contributed by atoms with van der Waals surface area (Å²) in [6.07, 6.45) is -0.803. The molecule has 0 spiro atoms. The van der Waals surface area contributed by atoms with Crippen molar-refractivity contribution in [1.82, 2.24) is 9.71 Å². The summed E-state index contributed by atoms with van der Waals surface area (Å²) in [5, 5.41) is 1.17. The van der Waals surface area contributed by atoms with Gasteiger partial charge in [0.25, 0.3) is 0 Å². The lowest BCUT2D eigenvalue weighted by molar-refractivity contribution is -0.155. The van der Waals surface area contributed by atoms with Gasteiger partial charge < -0.3 is 9.57 Å². The Kier molecular flexibility index (Phi) is 5.16. The Morgan fingerprint density at radius 3 is 2.52 bits per heavy atom. The molecule has 130 valence electrons. The number of hydrogen-bond acceptors (Lipinski definition) is 4. The van der Waals surface area contributed by atoms with Gasteiger partial charge in [-0.1, -0.05) is 23.2 Å². The first-order valence-electron chi connectivity index (χ1n) is 7.77. The van der Waals surface area contributed by atoms with Crippen LogP contribution in [0.2, 0.25) is 10.0 Å². The molecular weight excluding hydrogens is 363 g/mol. The molecule has 1 aromatic heterocycles. The zero-order chi connectivity index (χ0) is 18.0. The zero-order valence-electron chi connectivity index (χ0n) is 13.7. The van der Waals surface area contributed by atoms with Crippen molar-refractivity contribution in [3.63, 3.8) is 0 Å². The number of carbonyl (C=O) groups is 1. The number of fused-ring (bicyclic) bond motifs is 1. The van der Waals surface area contributed by atoms with Gasteiger partial charge in [0.1, 0.15) is 5.52 Å². The number of imidazole rings is 1. The van der Waals surface area contributed by atoms with Crippen LogP contribution in [0.15, 0.2) is 42.5 Å². The van der Waals surface area contributed by atoms with E-state index in [4.69, 9.17) is 32.8 Å². The van der Waals surface area contributed by atoms with Gasteiger partial charge in [0, 0.05) is 15.6 Å². The van der Waals surface area contributed by atoms with E-state index >= 15 is 0 Å². The van der Waals surface area contributed by atoms with Crippen LogP contribution >= 0.6 is 23.2 Å². The van der Waals surface area contributed by atoms with Gasteiger partial charge in [-0.25, -0.2) is 9.78 Å². The van der Waals surface area contributed by atoms with Crippen LogP contribution in [0.4, 0.5) is 0 Å². The molecular formula is C18H16Cl2N2O3. The third-order valence-electron chi connectivity index (χ3n) is 3.56. The van der Waals surface area contributed by atoms with Crippen LogP contribution in [0.1, 0.15) is 13.8 Å². The number of nitrogens with zero attached hydrogens (tertiary/aromatic N) is 2. The molecule has 0 fully saturated rings. The van der Waals surface area contributed by atoms with Gasteiger partial charge in [0.15, 0.2) is 5.82 Å². The lowest BCUT2D eigenvalue weighted by atomic mass is 10.2. The normalized spacial score (nSPS) is 12.2. The second kappa shape index (κ2) is 7.33. The van der Waals surface area contributed by atoms with Crippen molar-refractivity contribution in [2.24, 2.45) is 0 Å². The molecule has 2 aromatic carbocycles. The zero-order valence-corrected chi connectivity index (χ0v) is 15.2. The van der Waals surface area contributed by atoms with Gasteiger partial charge in [-0.15, -0.1) is 0 Å². The van der Waals surface area contributed by atoms with E-state index in [-0.39, 0.29) is 6.61 Å². The van der Waals surface area contributed by atoms with E-state index in [1.165, 1.54) is 4.73 Å². The molecule has 0 bridgehead atoms. The van der Waals surface area contributed by atoms with Crippen LogP contribution < -0.4 is 4.84 Å². The minimum Gasteiger partial charge on any atom is -0.463 e. The monoisotopic (exact) mass is 378 g/mol. The van der Waals surface area contributed by atoms with Gasteiger partial charge >= 0.3 is 5.97 Å². The molecule has 0 aliphatic rings. The summed E-state index contributed by atoms with van der Waals surface area (Å²) in [6, 6.07) is 12.5. The van der Waals surface area contributed by atoms with Crippen LogP contribution in [-0.2, 0) is 9.53 Å². The van der Waals surface area contributed by atoms with Crippen molar-refractivity contribution >= 4 is 40.2 Å². The van der Waals surface area contributed by atoms with E-state index in [2.05, 4.69) is 4.98 Å². The maximum absolute atomic E-state index is 11.9. The van der Waals surface area contributed by atoms with E-state index < -0.39 is 12.1 Å². The highest BCUT2D eigenvalue weighted by atomic mass is 35.5. The van der Waals surface area contributed by atoms with Crippen molar-refractivity contribution in [3.8, 4) is 11.4 Å². The quantitative estimate of drug-likeness (QED) is 0.617. The highest BCUT2D eigenvalue weighted by Gasteiger charge is 2.21. The molecule has 0 saturated heterocycles. The Balaban J connectivity index is 2.09. The third-order valence-corrected chi connectivity index (χ3v) is 4.05. The third kappa shape index (κ3) is 3.72. The SMILES string of the molecule is CCOC(=O)[C@@H](C)On1c(-c2ccc(Cl)cc2)nc2ccc(Cl)cc21. The van der Waals surface area contributed by atoms with Crippen molar-refractivity contribution < 1.29 is 14.4 Å². The molecule has 0 aliphatic heterocycles. The van der Waals surface area contributed by atoms with E-state index in [0.717, 1.165) is 5.56 Å². The van der Waals surface area contributed by atoms with Crippen LogP contribution in [0, 0.1) is 0 Å². The van der Waals surface area contributed by atoms with Crippen LogP contribution in [0.3, 0.4) is 0 Å². The second-order valence-corrected chi connectivity index (χ2v) is 6.24. The fraction of sp³-hybridized carbons (Fsp3) is 0.222. The summed E-state index contributed by atoms with van der Waals surface area (Å²) in [5.74, 6) is 0.0958. The van der Waals surface area contributed by atoms with Crippen LogP contribution in [0.5, 0.6) is 0 Å². The lowest BCUT2D eigenvalue weighted by Gasteiger charge is -2.16. The number of aromatic nitrogens is 2. The van der Waals surface area contributed by atoms with Gasteiger partial charge in [0.05, 0.1) is 12.1 Å². The predicted octanol–water partition coefficient (Wildman–Crippen LogP) is 4.39. The topological polar surface area (TPSA) is 53.4 Å². The van der Waals surface area contributed by atoms with E-state index in [9.17, 15) is 4.79 Å². The number of halogens is 2. The molecule has 0 unspecified atom stereocenters. The van der Waals surface area contributed by atoms with Crippen LogP contribution in [0.25, 0.3) is 22.4 Å². The second-order valence-electron chi connectivity index (χ2n) is 5.37. The summed E-state index contributed by atoms with van der Waals surface area (Å²) in [4.78, 5) is 22.4. The number of ether oxygens (including phenoxy) is 1. The molecule has 5 nitrogen and oxygen atoms in total. The van der Waals surface area contributed by atoms with E-state index in [0.29, 0.717) is 26.9 Å². The standard InChI is InChI=1S/C18H16Cl2N2O3/c1-3-24-18(23)11(2)25-22-16-10-14(20)8-9-15(16)21-17(22)12-4-6-13(19)7-5-12/h4-11H,3H2,1-2H3/t11-/m1/s1. The highest BCUT2D eigenvalue weighted by molar-refractivity contribution is 6.31. The van der Waals surface area contributed by atoms with Crippen molar-refractivity contribution in [2.45, 2.75) is 20.0 Å². The molecule has 0 N–H and O–H groups in total. The number of benzene rings is 2. The molecule has 3 rings (SSSR count). The number of rotatable bonds is 5. The molecule has 0 amide bonds. The summed E-state index contributed by atoms with van der Waals surface area (Å²) >= 11 is 12.1. The maximum Gasteiger partial charge on any atom is 0.349 e. The number of hydrogen-bond donors (Lipinski definition) is 0. The molecule has 0 aliphatic carbocycles. The van der Waals surface area contributed by atoms with E-state index in [1.54, 1.807) is 44.2 Å². The number of carbonyl (C=O) groups excluding carboxylic acids is 1.